The average Bonchev–Trinajstić information content (AvgIpc) is 2.70. The van der Waals surface area contributed by atoms with Crippen molar-refractivity contribution in [2.45, 2.75) is 65.6 Å². The van der Waals surface area contributed by atoms with Crippen molar-refractivity contribution in [2.75, 3.05) is 0 Å². The van der Waals surface area contributed by atoms with Gasteiger partial charge in [0.1, 0.15) is 6.04 Å². The first-order valence-corrected chi connectivity index (χ1v) is 10.6. The molecular formula is C24H31ClN2O2. The highest BCUT2D eigenvalue weighted by Gasteiger charge is 2.26. The van der Waals surface area contributed by atoms with Gasteiger partial charge in [0.2, 0.25) is 11.8 Å². The van der Waals surface area contributed by atoms with Gasteiger partial charge in [0.05, 0.1) is 0 Å². The Morgan fingerprint density at radius 1 is 1.00 bits per heavy atom. The summed E-state index contributed by atoms with van der Waals surface area (Å²) in [4.78, 5) is 27.3. The summed E-state index contributed by atoms with van der Waals surface area (Å²) in [7, 11) is 0. The summed E-state index contributed by atoms with van der Waals surface area (Å²) in [5.74, 6) is -0.219. The SMILES string of the molecule is CCc1ccc(CCC(=O)N(Cc2ccccc2Cl)[C@H](C)C(=O)NC(C)C)cc1. The summed E-state index contributed by atoms with van der Waals surface area (Å²) in [6.45, 7) is 8.01. The molecular weight excluding hydrogens is 384 g/mol. The van der Waals surface area contributed by atoms with Gasteiger partial charge < -0.3 is 10.2 Å². The van der Waals surface area contributed by atoms with Gasteiger partial charge in [0, 0.05) is 24.0 Å². The maximum atomic E-state index is 13.1. The Bertz CT molecular complexity index is 818. The van der Waals surface area contributed by atoms with Crippen molar-refractivity contribution in [3.05, 3.63) is 70.2 Å². The van der Waals surface area contributed by atoms with Crippen molar-refractivity contribution >= 4 is 23.4 Å². The van der Waals surface area contributed by atoms with Crippen LogP contribution in [0.1, 0.15) is 50.8 Å². The molecule has 0 aliphatic rings. The van der Waals surface area contributed by atoms with Gasteiger partial charge in [0.25, 0.3) is 0 Å². The van der Waals surface area contributed by atoms with Gasteiger partial charge in [-0.2, -0.15) is 0 Å². The van der Waals surface area contributed by atoms with Crippen LogP contribution in [0.2, 0.25) is 5.02 Å². The van der Waals surface area contributed by atoms with E-state index in [-0.39, 0.29) is 17.9 Å². The number of benzene rings is 2. The van der Waals surface area contributed by atoms with E-state index >= 15 is 0 Å². The highest BCUT2D eigenvalue weighted by atomic mass is 35.5. The molecule has 0 radical (unpaired) electrons. The number of hydrogen-bond donors (Lipinski definition) is 1. The molecule has 29 heavy (non-hydrogen) atoms. The van der Waals surface area contributed by atoms with E-state index in [2.05, 4.69) is 36.5 Å². The fraction of sp³-hybridized carbons (Fsp3) is 0.417. The molecule has 0 saturated heterocycles. The number of aryl methyl sites for hydroxylation is 2. The van der Waals surface area contributed by atoms with E-state index in [0.29, 0.717) is 24.4 Å². The van der Waals surface area contributed by atoms with E-state index in [9.17, 15) is 9.59 Å². The molecule has 156 valence electrons. The first-order chi connectivity index (χ1) is 13.8. The Kier molecular flexibility index (Phi) is 8.71. The summed E-state index contributed by atoms with van der Waals surface area (Å²) in [5, 5.41) is 3.49. The number of rotatable bonds is 9. The van der Waals surface area contributed by atoms with E-state index in [1.165, 1.54) is 5.56 Å². The Labute approximate surface area is 179 Å². The average molecular weight is 415 g/mol. The Morgan fingerprint density at radius 3 is 2.21 bits per heavy atom. The molecule has 0 aromatic heterocycles. The fourth-order valence-electron chi connectivity index (χ4n) is 3.13. The zero-order valence-corrected chi connectivity index (χ0v) is 18.5. The second-order valence-electron chi connectivity index (χ2n) is 7.62. The van der Waals surface area contributed by atoms with Gasteiger partial charge in [0.15, 0.2) is 0 Å². The van der Waals surface area contributed by atoms with Crippen LogP contribution in [-0.4, -0.2) is 28.8 Å². The van der Waals surface area contributed by atoms with Crippen molar-refractivity contribution in [3.63, 3.8) is 0 Å². The molecule has 0 bridgehead atoms. The first kappa shape index (κ1) is 23.0. The van der Waals surface area contributed by atoms with Crippen LogP contribution in [0.3, 0.4) is 0 Å². The fourth-order valence-corrected chi connectivity index (χ4v) is 3.33. The molecule has 1 N–H and O–H groups in total. The molecule has 0 unspecified atom stereocenters. The lowest BCUT2D eigenvalue weighted by Crippen LogP contribution is -2.49. The topological polar surface area (TPSA) is 49.4 Å². The first-order valence-electron chi connectivity index (χ1n) is 10.2. The monoisotopic (exact) mass is 414 g/mol. The zero-order chi connectivity index (χ0) is 21.4. The van der Waals surface area contributed by atoms with Crippen LogP contribution in [0.5, 0.6) is 0 Å². The smallest absolute Gasteiger partial charge is 0.242 e. The van der Waals surface area contributed by atoms with Crippen molar-refractivity contribution in [1.29, 1.82) is 0 Å². The molecule has 5 heteroatoms. The molecule has 2 aromatic rings. The molecule has 2 aromatic carbocycles. The standard InChI is InChI=1S/C24H31ClN2O2/c1-5-19-10-12-20(13-11-19)14-15-23(28)27(18(4)24(29)26-17(2)3)16-21-8-6-7-9-22(21)25/h6-13,17-18H,5,14-16H2,1-4H3,(H,26,29)/t18-/m1/s1. The number of nitrogens with one attached hydrogen (secondary N) is 1. The van der Waals surface area contributed by atoms with Crippen LogP contribution < -0.4 is 5.32 Å². The van der Waals surface area contributed by atoms with Crippen molar-refractivity contribution in [3.8, 4) is 0 Å². The highest BCUT2D eigenvalue weighted by Crippen LogP contribution is 2.20. The molecule has 0 spiro atoms. The van der Waals surface area contributed by atoms with Crippen LogP contribution in [0, 0.1) is 0 Å². The van der Waals surface area contributed by atoms with Crippen LogP contribution >= 0.6 is 11.6 Å². The number of carbonyl (C=O) groups excluding carboxylic acids is 2. The third kappa shape index (κ3) is 6.90. The number of halogens is 1. The van der Waals surface area contributed by atoms with E-state index in [1.807, 2.05) is 32.0 Å². The summed E-state index contributed by atoms with van der Waals surface area (Å²) < 4.78 is 0. The minimum absolute atomic E-state index is 0.0132. The third-order valence-corrected chi connectivity index (χ3v) is 5.32. The summed E-state index contributed by atoms with van der Waals surface area (Å²) in [5.41, 5.74) is 3.23. The van der Waals surface area contributed by atoms with Crippen LogP contribution in [0.4, 0.5) is 0 Å². The van der Waals surface area contributed by atoms with Crippen LogP contribution in [0.15, 0.2) is 48.5 Å². The molecule has 1 atom stereocenters. The maximum absolute atomic E-state index is 13.1. The lowest BCUT2D eigenvalue weighted by molar-refractivity contribution is -0.140. The van der Waals surface area contributed by atoms with Gasteiger partial charge >= 0.3 is 0 Å². The quantitative estimate of drug-likeness (QED) is 0.642. The number of amides is 2. The largest absolute Gasteiger partial charge is 0.352 e. The van der Waals surface area contributed by atoms with E-state index < -0.39 is 6.04 Å². The number of hydrogen-bond acceptors (Lipinski definition) is 2. The number of nitrogens with zero attached hydrogens (tertiary/aromatic N) is 1. The molecule has 0 aliphatic carbocycles. The summed E-state index contributed by atoms with van der Waals surface area (Å²) in [6.07, 6.45) is 1.98. The van der Waals surface area contributed by atoms with Crippen molar-refractivity contribution < 1.29 is 9.59 Å². The molecule has 2 amide bonds. The van der Waals surface area contributed by atoms with Crippen molar-refractivity contribution in [2.24, 2.45) is 0 Å². The van der Waals surface area contributed by atoms with Gasteiger partial charge in [-0.25, -0.2) is 0 Å². The normalized spacial score (nSPS) is 11.9. The molecule has 0 heterocycles. The van der Waals surface area contributed by atoms with Gasteiger partial charge in [-0.05, 0) is 56.4 Å². The van der Waals surface area contributed by atoms with Gasteiger partial charge in [-0.3, -0.25) is 9.59 Å². The molecule has 0 saturated carbocycles. The maximum Gasteiger partial charge on any atom is 0.242 e. The number of carbonyl (C=O) groups is 2. The second kappa shape index (κ2) is 11.0. The van der Waals surface area contributed by atoms with Crippen LogP contribution in [0.25, 0.3) is 0 Å². The molecule has 0 aliphatic heterocycles. The van der Waals surface area contributed by atoms with Crippen molar-refractivity contribution in [1.82, 2.24) is 10.2 Å². The third-order valence-electron chi connectivity index (χ3n) is 4.96. The van der Waals surface area contributed by atoms with Crippen LogP contribution in [-0.2, 0) is 29.0 Å². The Hall–Kier alpha value is -2.33. The Morgan fingerprint density at radius 2 is 1.62 bits per heavy atom. The highest BCUT2D eigenvalue weighted by molar-refractivity contribution is 6.31. The molecule has 2 rings (SSSR count). The lowest BCUT2D eigenvalue weighted by atomic mass is 10.0. The second-order valence-corrected chi connectivity index (χ2v) is 8.03. The predicted molar refractivity (Wildman–Crippen MR) is 119 cm³/mol. The Balaban J connectivity index is 2.14. The molecule has 4 nitrogen and oxygen atoms in total. The minimum atomic E-state index is -0.580. The summed E-state index contributed by atoms with van der Waals surface area (Å²) >= 11 is 6.30. The summed E-state index contributed by atoms with van der Waals surface area (Å²) in [6, 6.07) is 15.2. The van der Waals surface area contributed by atoms with Gasteiger partial charge in [-0.1, -0.05) is 61.0 Å². The zero-order valence-electron chi connectivity index (χ0n) is 17.7. The predicted octanol–water partition coefficient (Wildman–Crippen LogP) is 4.78. The van der Waals surface area contributed by atoms with E-state index in [4.69, 9.17) is 11.6 Å². The minimum Gasteiger partial charge on any atom is -0.352 e. The van der Waals surface area contributed by atoms with Gasteiger partial charge in [-0.15, -0.1) is 0 Å². The lowest BCUT2D eigenvalue weighted by Gasteiger charge is -2.29. The molecule has 0 fully saturated rings. The van der Waals surface area contributed by atoms with E-state index in [0.717, 1.165) is 17.5 Å². The van der Waals surface area contributed by atoms with E-state index in [1.54, 1.807) is 17.9 Å².